The van der Waals surface area contributed by atoms with Gasteiger partial charge in [-0.1, -0.05) is 27.7 Å². The molecular weight excluding hydrogens is 494 g/mol. The quantitative estimate of drug-likeness (QED) is 0.455. The molecule has 4 N–H and O–H groups in total. The molecule has 33 heavy (non-hydrogen) atoms. The van der Waals surface area contributed by atoms with E-state index in [1.54, 1.807) is 0 Å². The molecule has 8 nitrogen and oxygen atoms in total. The third-order valence-electron chi connectivity index (χ3n) is 4.39. The van der Waals surface area contributed by atoms with Gasteiger partial charge in [-0.15, -0.1) is 15.7 Å². The van der Waals surface area contributed by atoms with Gasteiger partial charge in [-0.2, -0.15) is 22.3 Å². The Kier molecular flexibility index (Phi) is 9.82. The van der Waals surface area contributed by atoms with E-state index in [4.69, 9.17) is 5.14 Å². The van der Waals surface area contributed by atoms with Crippen LogP contribution in [0.15, 0.2) is 26.9 Å². The second-order valence-electron chi connectivity index (χ2n) is 8.30. The van der Waals surface area contributed by atoms with E-state index in [0.29, 0.717) is 16.8 Å². The summed E-state index contributed by atoms with van der Waals surface area (Å²) in [5.74, 6) is -0.321. The largest absolute Gasteiger partial charge is 0.435 e. The van der Waals surface area contributed by atoms with Gasteiger partial charge in [0.1, 0.15) is 20.6 Å². The van der Waals surface area contributed by atoms with Crippen LogP contribution < -0.4 is 15.2 Å². The number of anilines is 1. The highest BCUT2D eigenvalue weighted by atomic mass is 32.2. The van der Waals surface area contributed by atoms with Crippen LogP contribution in [-0.2, 0) is 15.5 Å². The molecule has 0 radical (unpaired) electrons. The number of hydrogen-bond donors (Lipinski definition) is 3. The summed E-state index contributed by atoms with van der Waals surface area (Å²) in [6, 6.07) is 1.90. The summed E-state index contributed by atoms with van der Waals surface area (Å²) in [4.78, 5) is 16.7. The molecule has 2 amide bonds. The number of aliphatic hydroxyl groups is 1. The van der Waals surface area contributed by atoms with Gasteiger partial charge in [0.2, 0.25) is 0 Å². The van der Waals surface area contributed by atoms with Gasteiger partial charge < -0.3 is 15.2 Å². The number of nitrogens with two attached hydrogens (primary N) is 1. The van der Waals surface area contributed by atoms with E-state index in [1.807, 2.05) is 27.7 Å². The molecule has 0 saturated carbocycles. The van der Waals surface area contributed by atoms with Crippen LogP contribution in [0.2, 0.25) is 0 Å². The van der Waals surface area contributed by atoms with Gasteiger partial charge >= 0.3 is 12.6 Å². The molecule has 13 heteroatoms. The number of carbonyl (C=O) groups is 1. The first-order chi connectivity index (χ1) is 14.6. The summed E-state index contributed by atoms with van der Waals surface area (Å²) in [6.07, 6.45) is 1.21. The lowest BCUT2D eigenvalue weighted by Crippen LogP contribution is -2.18. The van der Waals surface area contributed by atoms with E-state index in [-0.39, 0.29) is 40.3 Å². The molecule has 0 saturated heterocycles. The fraction of sp³-hybridized carbons (Fsp3) is 0.500. The van der Waals surface area contributed by atoms with Gasteiger partial charge in [0, 0.05) is 5.69 Å². The number of alkyl halides is 2. The highest BCUT2D eigenvalue weighted by Crippen LogP contribution is 2.37. The van der Waals surface area contributed by atoms with Crippen LogP contribution in [-0.4, -0.2) is 26.9 Å². The molecule has 1 heterocycles. The van der Waals surface area contributed by atoms with Crippen LogP contribution in [0.3, 0.4) is 0 Å². The van der Waals surface area contributed by atoms with Crippen LogP contribution in [0.4, 0.5) is 19.3 Å². The molecule has 186 valence electrons. The van der Waals surface area contributed by atoms with Crippen molar-refractivity contribution >= 4 is 46.5 Å². The highest BCUT2D eigenvalue weighted by Gasteiger charge is 2.24. The van der Waals surface area contributed by atoms with E-state index < -0.39 is 28.2 Å². The zero-order valence-electron chi connectivity index (χ0n) is 19.2. The standard InChI is InChI=1S/C20H28F2N4O4S2.H2S/c1-10(2)13-7-12(30-18(21)22)8-14(11(3)4)16(13)25-19(27)26-32(23,29)15-9-24-17(31-15)20(5,6)28;/h7-11,18,28H,1-6H3,(H3,23,25,26,27,29);1H2. The second-order valence-corrected chi connectivity index (χ2v) is 11.3. The third kappa shape index (κ3) is 7.60. The lowest BCUT2D eigenvalue weighted by molar-refractivity contribution is -0.0499. The van der Waals surface area contributed by atoms with Crippen LogP contribution in [0.25, 0.3) is 0 Å². The number of ether oxygens (including phenoxy) is 1. The molecule has 1 aromatic carbocycles. The maximum Gasteiger partial charge on any atom is 0.387 e. The summed E-state index contributed by atoms with van der Waals surface area (Å²) in [6.45, 7) is 7.38. The van der Waals surface area contributed by atoms with Gasteiger partial charge in [0.25, 0.3) is 0 Å². The zero-order valence-corrected chi connectivity index (χ0v) is 21.8. The molecule has 0 spiro atoms. The number of hydrogen-bond acceptors (Lipinski definition) is 6. The molecule has 0 aliphatic carbocycles. The average Bonchev–Trinajstić information content (AvgIpc) is 3.12. The Morgan fingerprint density at radius 1 is 1.24 bits per heavy atom. The summed E-state index contributed by atoms with van der Waals surface area (Å²) in [5.41, 5.74) is 0.227. The Balaban J connectivity index is 0.00000544. The maximum absolute atomic E-state index is 12.9. The summed E-state index contributed by atoms with van der Waals surface area (Å²) in [7, 11) is -3.63. The van der Waals surface area contributed by atoms with Crippen molar-refractivity contribution in [2.75, 3.05) is 5.32 Å². The van der Waals surface area contributed by atoms with Crippen molar-refractivity contribution in [3.8, 4) is 5.75 Å². The number of nitrogens with one attached hydrogen (secondary N) is 1. The Bertz CT molecular complexity index is 1080. The predicted molar refractivity (Wildman–Crippen MR) is 131 cm³/mol. The SMILES string of the molecule is CC(C)c1cc(OC(F)F)cc(C(C)C)c1NC(=O)N=S(N)(=O)c1cnc(C(C)(C)O)s1.S. The lowest BCUT2D eigenvalue weighted by atomic mass is 9.92. The van der Waals surface area contributed by atoms with Gasteiger partial charge in [0.15, 0.2) is 9.92 Å². The number of thiazole rings is 1. The molecule has 0 bridgehead atoms. The molecule has 1 unspecified atom stereocenters. The third-order valence-corrected chi connectivity index (χ3v) is 7.58. The van der Waals surface area contributed by atoms with Crippen LogP contribution in [0, 0.1) is 0 Å². The monoisotopic (exact) mass is 524 g/mol. The number of halogens is 2. The van der Waals surface area contributed by atoms with E-state index in [2.05, 4.69) is 19.4 Å². The first kappa shape index (κ1) is 29.2. The first-order valence-electron chi connectivity index (χ1n) is 9.79. The van der Waals surface area contributed by atoms with Crippen molar-refractivity contribution in [3.63, 3.8) is 0 Å². The summed E-state index contributed by atoms with van der Waals surface area (Å²) < 4.78 is 46.6. The van der Waals surface area contributed by atoms with Crippen molar-refractivity contribution in [2.24, 2.45) is 9.50 Å². The van der Waals surface area contributed by atoms with Crippen molar-refractivity contribution in [1.29, 1.82) is 0 Å². The van der Waals surface area contributed by atoms with E-state index in [0.717, 1.165) is 11.3 Å². The maximum atomic E-state index is 12.9. The fourth-order valence-electron chi connectivity index (χ4n) is 2.86. The van der Waals surface area contributed by atoms with Gasteiger partial charge in [-0.25, -0.2) is 19.1 Å². The minimum Gasteiger partial charge on any atom is -0.435 e. The molecule has 0 fully saturated rings. The lowest BCUT2D eigenvalue weighted by Gasteiger charge is -2.21. The average molecular weight is 525 g/mol. The molecule has 2 aromatic rings. The molecule has 0 aliphatic rings. The topological polar surface area (TPSA) is 127 Å². The minimum absolute atomic E-state index is 0. The number of carbonyl (C=O) groups excluding carboxylic acids is 1. The number of urea groups is 1. The molecular formula is C20H30F2N4O4S3. The number of aromatic nitrogens is 1. The molecule has 2 rings (SSSR count). The predicted octanol–water partition coefficient (Wildman–Crippen LogP) is 5.26. The van der Waals surface area contributed by atoms with E-state index >= 15 is 0 Å². The smallest absolute Gasteiger partial charge is 0.387 e. The van der Waals surface area contributed by atoms with Gasteiger partial charge in [0.05, 0.1) is 6.20 Å². The van der Waals surface area contributed by atoms with Crippen LogP contribution in [0.5, 0.6) is 5.75 Å². The summed E-state index contributed by atoms with van der Waals surface area (Å²) in [5, 5.41) is 18.7. The number of rotatable bonds is 7. The molecule has 1 atom stereocenters. The van der Waals surface area contributed by atoms with Crippen LogP contribution >= 0.6 is 24.8 Å². The minimum atomic E-state index is -3.63. The Hall–Kier alpha value is -1.80. The first-order valence-corrected chi connectivity index (χ1v) is 12.2. The van der Waals surface area contributed by atoms with Crippen molar-refractivity contribution < 1.29 is 27.6 Å². The van der Waals surface area contributed by atoms with Crippen molar-refractivity contribution in [2.45, 2.75) is 69.8 Å². The van der Waals surface area contributed by atoms with Crippen molar-refractivity contribution in [1.82, 2.24) is 4.98 Å². The van der Waals surface area contributed by atoms with E-state index in [9.17, 15) is 22.9 Å². The Morgan fingerprint density at radius 2 is 1.76 bits per heavy atom. The van der Waals surface area contributed by atoms with Crippen molar-refractivity contribution in [3.05, 3.63) is 34.5 Å². The van der Waals surface area contributed by atoms with Crippen LogP contribution in [0.1, 0.15) is 69.5 Å². The van der Waals surface area contributed by atoms with Gasteiger partial charge in [-0.3, -0.25) is 0 Å². The Labute approximate surface area is 203 Å². The van der Waals surface area contributed by atoms with Gasteiger partial charge in [-0.05, 0) is 48.9 Å². The normalized spacial score (nSPS) is 13.6. The second kappa shape index (κ2) is 11.1. The molecule has 1 aromatic heterocycles. The Morgan fingerprint density at radius 3 is 2.15 bits per heavy atom. The number of amides is 2. The van der Waals surface area contributed by atoms with E-state index in [1.165, 1.54) is 32.2 Å². The number of nitrogens with zero attached hydrogens (tertiary/aromatic N) is 2. The summed E-state index contributed by atoms with van der Waals surface area (Å²) >= 11 is 0.896. The zero-order chi connectivity index (χ0) is 24.4. The fourth-order valence-corrected chi connectivity index (χ4v) is 4.92. The number of benzene rings is 1. The molecule has 0 aliphatic heterocycles. The highest BCUT2D eigenvalue weighted by molar-refractivity contribution is 7.93.